The highest BCUT2D eigenvalue weighted by Crippen LogP contribution is 2.28. The lowest BCUT2D eigenvalue weighted by atomic mass is 10.1. The molecule has 7 heteroatoms. The Morgan fingerprint density at radius 3 is 2.48 bits per heavy atom. The Kier molecular flexibility index (Phi) is 4.72. The van der Waals surface area contributed by atoms with Gasteiger partial charge in [-0.25, -0.2) is 0 Å². The van der Waals surface area contributed by atoms with Gasteiger partial charge in [-0.2, -0.15) is 0 Å². The first-order valence-corrected chi connectivity index (χ1v) is 7.98. The molecule has 6 nitrogen and oxygen atoms in total. The highest BCUT2D eigenvalue weighted by molar-refractivity contribution is 6.32. The van der Waals surface area contributed by atoms with Crippen LogP contribution >= 0.6 is 11.6 Å². The van der Waals surface area contributed by atoms with Crippen molar-refractivity contribution in [1.82, 2.24) is 0 Å². The summed E-state index contributed by atoms with van der Waals surface area (Å²) in [6.45, 7) is 0. The number of nitrogens with one attached hydrogen (secondary N) is 1. The van der Waals surface area contributed by atoms with Gasteiger partial charge in [-0.3, -0.25) is 19.3 Å². The zero-order chi connectivity index (χ0) is 18.0. The fourth-order valence-electron chi connectivity index (χ4n) is 2.60. The predicted octanol–water partition coefficient (Wildman–Crippen LogP) is 3.25. The number of hydrogen-bond donors (Lipinski definition) is 1. The molecule has 3 rings (SSSR count). The van der Waals surface area contributed by atoms with E-state index in [4.69, 9.17) is 16.3 Å². The smallest absolute Gasteiger partial charge is 0.255 e. The van der Waals surface area contributed by atoms with Gasteiger partial charge in [0.05, 0.1) is 17.8 Å². The second-order valence-electron chi connectivity index (χ2n) is 5.48. The molecule has 3 amide bonds. The highest BCUT2D eigenvalue weighted by Gasteiger charge is 2.30. The minimum absolute atomic E-state index is 0.194. The lowest BCUT2D eigenvalue weighted by molar-refractivity contribution is -0.121. The zero-order valence-electron chi connectivity index (χ0n) is 13.4. The molecule has 1 aliphatic rings. The van der Waals surface area contributed by atoms with E-state index in [1.807, 2.05) is 0 Å². The molecule has 0 unspecified atom stereocenters. The summed E-state index contributed by atoms with van der Waals surface area (Å²) in [6.07, 6.45) is 0.388. The summed E-state index contributed by atoms with van der Waals surface area (Å²) in [7, 11) is 1.51. The third kappa shape index (κ3) is 3.49. The Bertz CT molecular complexity index is 850. The third-order valence-electron chi connectivity index (χ3n) is 3.83. The molecule has 25 heavy (non-hydrogen) atoms. The molecule has 0 saturated carbocycles. The molecule has 0 aliphatic carbocycles. The molecule has 1 aliphatic heterocycles. The van der Waals surface area contributed by atoms with Gasteiger partial charge < -0.3 is 10.1 Å². The molecular weight excluding hydrogens is 344 g/mol. The molecule has 0 bridgehead atoms. The first-order chi connectivity index (χ1) is 12.0. The Morgan fingerprint density at radius 2 is 1.84 bits per heavy atom. The molecule has 2 aromatic rings. The van der Waals surface area contributed by atoms with Crippen molar-refractivity contribution in [2.45, 2.75) is 12.8 Å². The van der Waals surface area contributed by atoms with Gasteiger partial charge in [-0.05, 0) is 36.4 Å². The molecule has 0 aromatic heterocycles. The van der Waals surface area contributed by atoms with Crippen LogP contribution in [-0.2, 0) is 9.59 Å². The number of halogens is 1. The topological polar surface area (TPSA) is 75.7 Å². The molecule has 128 valence electrons. The molecule has 1 fully saturated rings. The van der Waals surface area contributed by atoms with Crippen LogP contribution in [0.2, 0.25) is 5.02 Å². The van der Waals surface area contributed by atoms with Gasteiger partial charge in [0.15, 0.2) is 0 Å². The van der Waals surface area contributed by atoms with E-state index in [0.29, 0.717) is 27.7 Å². The maximum absolute atomic E-state index is 12.4. The van der Waals surface area contributed by atoms with Gasteiger partial charge in [-0.15, -0.1) is 0 Å². The number of imide groups is 1. The lowest BCUT2D eigenvalue weighted by Gasteiger charge is -2.15. The van der Waals surface area contributed by atoms with Crippen molar-refractivity contribution in [2.24, 2.45) is 0 Å². The van der Waals surface area contributed by atoms with E-state index >= 15 is 0 Å². The molecule has 0 spiro atoms. The van der Waals surface area contributed by atoms with E-state index in [1.54, 1.807) is 36.4 Å². The van der Waals surface area contributed by atoms with Crippen LogP contribution in [0.3, 0.4) is 0 Å². The van der Waals surface area contributed by atoms with Crippen LogP contribution in [0.1, 0.15) is 23.2 Å². The molecular formula is C18H15ClN2O4. The van der Waals surface area contributed by atoms with Crippen molar-refractivity contribution in [1.29, 1.82) is 0 Å². The molecule has 2 aromatic carbocycles. The van der Waals surface area contributed by atoms with Crippen molar-refractivity contribution in [3.63, 3.8) is 0 Å². The minimum atomic E-state index is -0.373. The quantitative estimate of drug-likeness (QED) is 0.851. The average molecular weight is 359 g/mol. The second kappa shape index (κ2) is 6.94. The summed E-state index contributed by atoms with van der Waals surface area (Å²) in [5, 5.41) is 3.10. The summed E-state index contributed by atoms with van der Waals surface area (Å²) in [5.41, 5.74) is 1.24. The van der Waals surface area contributed by atoms with Crippen molar-refractivity contribution >= 4 is 40.7 Å². The Hall–Kier alpha value is -2.86. The maximum Gasteiger partial charge on any atom is 0.255 e. The van der Waals surface area contributed by atoms with Crippen molar-refractivity contribution in [3.05, 3.63) is 53.1 Å². The van der Waals surface area contributed by atoms with E-state index in [2.05, 4.69) is 5.32 Å². The van der Waals surface area contributed by atoms with Crippen LogP contribution in [-0.4, -0.2) is 24.8 Å². The van der Waals surface area contributed by atoms with E-state index < -0.39 is 0 Å². The number of rotatable bonds is 4. The van der Waals surface area contributed by atoms with Crippen LogP contribution in [0.25, 0.3) is 0 Å². The van der Waals surface area contributed by atoms with Crippen molar-refractivity contribution in [3.8, 4) is 5.75 Å². The van der Waals surface area contributed by atoms with Crippen LogP contribution < -0.4 is 15.0 Å². The largest absolute Gasteiger partial charge is 0.495 e. The minimum Gasteiger partial charge on any atom is -0.495 e. The van der Waals surface area contributed by atoms with Gasteiger partial charge in [0.2, 0.25) is 11.8 Å². The monoisotopic (exact) mass is 358 g/mol. The normalized spacial score (nSPS) is 13.9. The summed E-state index contributed by atoms with van der Waals surface area (Å²) >= 11 is 6.04. The summed E-state index contributed by atoms with van der Waals surface area (Å²) in [4.78, 5) is 37.2. The third-order valence-corrected chi connectivity index (χ3v) is 4.12. The number of hydrogen-bond acceptors (Lipinski definition) is 4. The zero-order valence-corrected chi connectivity index (χ0v) is 14.2. The Morgan fingerprint density at radius 1 is 1.12 bits per heavy atom. The number of carbonyl (C=O) groups excluding carboxylic acids is 3. The molecule has 1 saturated heterocycles. The second-order valence-corrected chi connectivity index (χ2v) is 5.88. The molecule has 1 N–H and O–H groups in total. The van der Waals surface area contributed by atoms with Gasteiger partial charge in [-0.1, -0.05) is 17.7 Å². The number of amides is 3. The standard InChI is InChI=1S/C18H15ClN2O4/c1-25-15-6-5-12(10-14(15)19)20-18(24)11-3-2-4-13(9-11)21-16(22)7-8-17(21)23/h2-6,9-10H,7-8H2,1H3,(H,20,24). The first kappa shape index (κ1) is 17.0. The van der Waals surface area contributed by atoms with E-state index in [9.17, 15) is 14.4 Å². The van der Waals surface area contributed by atoms with Crippen LogP contribution in [0.4, 0.5) is 11.4 Å². The number of anilines is 2. The Labute approximate surface area is 149 Å². The average Bonchev–Trinajstić information content (AvgIpc) is 2.94. The number of nitrogens with zero attached hydrogens (tertiary/aromatic N) is 1. The van der Waals surface area contributed by atoms with Crippen LogP contribution in [0, 0.1) is 0 Å². The Balaban J connectivity index is 1.81. The SMILES string of the molecule is COc1ccc(NC(=O)c2cccc(N3C(=O)CCC3=O)c2)cc1Cl. The van der Waals surface area contributed by atoms with E-state index in [-0.39, 0.29) is 30.6 Å². The number of ether oxygens (including phenoxy) is 1. The van der Waals surface area contributed by atoms with Gasteiger partial charge >= 0.3 is 0 Å². The van der Waals surface area contributed by atoms with Crippen LogP contribution in [0.5, 0.6) is 5.75 Å². The highest BCUT2D eigenvalue weighted by atomic mass is 35.5. The molecule has 0 atom stereocenters. The summed E-state index contributed by atoms with van der Waals surface area (Å²) in [5.74, 6) is -0.385. The van der Waals surface area contributed by atoms with E-state index in [0.717, 1.165) is 4.90 Å². The predicted molar refractivity (Wildman–Crippen MR) is 94.1 cm³/mol. The molecule has 0 radical (unpaired) electrons. The number of carbonyl (C=O) groups is 3. The van der Waals surface area contributed by atoms with Gasteiger partial charge in [0, 0.05) is 24.1 Å². The summed E-state index contributed by atoms with van der Waals surface area (Å²) < 4.78 is 5.07. The maximum atomic E-state index is 12.4. The lowest BCUT2D eigenvalue weighted by Crippen LogP contribution is -2.28. The fourth-order valence-corrected chi connectivity index (χ4v) is 2.86. The van der Waals surface area contributed by atoms with Gasteiger partial charge in [0.25, 0.3) is 5.91 Å². The number of benzene rings is 2. The van der Waals surface area contributed by atoms with Crippen molar-refractivity contribution in [2.75, 3.05) is 17.3 Å². The van der Waals surface area contributed by atoms with E-state index in [1.165, 1.54) is 13.2 Å². The molecule has 1 heterocycles. The number of methoxy groups -OCH3 is 1. The van der Waals surface area contributed by atoms with Crippen molar-refractivity contribution < 1.29 is 19.1 Å². The fraction of sp³-hybridized carbons (Fsp3) is 0.167. The first-order valence-electron chi connectivity index (χ1n) is 7.60. The van der Waals surface area contributed by atoms with Crippen LogP contribution in [0.15, 0.2) is 42.5 Å². The summed E-state index contributed by atoms with van der Waals surface area (Å²) in [6, 6.07) is 11.3. The van der Waals surface area contributed by atoms with Gasteiger partial charge in [0.1, 0.15) is 5.75 Å².